The molecule has 122 valence electrons. The highest BCUT2D eigenvalue weighted by Crippen LogP contribution is 2.37. The first kappa shape index (κ1) is 15.1. The van der Waals surface area contributed by atoms with E-state index in [0.29, 0.717) is 18.2 Å². The highest BCUT2D eigenvalue weighted by atomic mass is 32.1. The van der Waals surface area contributed by atoms with Crippen LogP contribution in [-0.4, -0.2) is 21.9 Å². The summed E-state index contributed by atoms with van der Waals surface area (Å²) in [5.74, 6) is 0.596. The molecule has 1 aliphatic rings. The van der Waals surface area contributed by atoms with Gasteiger partial charge in [-0.25, -0.2) is 9.97 Å². The lowest BCUT2D eigenvalue weighted by Gasteiger charge is -2.24. The summed E-state index contributed by atoms with van der Waals surface area (Å²) in [5.41, 5.74) is 8.23. The van der Waals surface area contributed by atoms with Gasteiger partial charge >= 0.3 is 0 Å². The van der Waals surface area contributed by atoms with Crippen LogP contribution < -0.4 is 10.6 Å². The Kier molecular flexibility index (Phi) is 3.69. The third-order valence-corrected chi connectivity index (χ3v) is 5.36. The Labute approximate surface area is 144 Å². The van der Waals surface area contributed by atoms with E-state index in [1.165, 1.54) is 18.4 Å². The quantitative estimate of drug-likeness (QED) is 0.775. The van der Waals surface area contributed by atoms with Gasteiger partial charge in [0, 0.05) is 18.2 Å². The van der Waals surface area contributed by atoms with E-state index in [1.54, 1.807) is 23.7 Å². The molecule has 0 saturated heterocycles. The summed E-state index contributed by atoms with van der Waals surface area (Å²) in [4.78, 5) is 23.8. The summed E-state index contributed by atoms with van der Waals surface area (Å²) in [5, 5.41) is 3.27. The minimum Gasteiger partial charge on any atom is -0.366 e. The van der Waals surface area contributed by atoms with Crippen LogP contribution >= 0.6 is 11.3 Å². The van der Waals surface area contributed by atoms with Gasteiger partial charge in [0.2, 0.25) is 5.91 Å². The van der Waals surface area contributed by atoms with Crippen LogP contribution in [0, 0.1) is 6.92 Å². The number of aryl methyl sites for hydroxylation is 1. The summed E-state index contributed by atoms with van der Waals surface area (Å²) < 4.78 is 0. The molecule has 0 radical (unpaired) electrons. The molecule has 1 fully saturated rings. The predicted octanol–water partition coefficient (Wildman–Crippen LogP) is 3.27. The maximum atomic E-state index is 11.4. The van der Waals surface area contributed by atoms with E-state index >= 15 is 0 Å². The van der Waals surface area contributed by atoms with Gasteiger partial charge in [-0.15, -0.1) is 11.3 Å². The zero-order valence-corrected chi connectivity index (χ0v) is 14.2. The summed E-state index contributed by atoms with van der Waals surface area (Å²) in [6, 6.07) is 8.03. The molecule has 24 heavy (non-hydrogen) atoms. The van der Waals surface area contributed by atoms with Crippen molar-refractivity contribution in [1.82, 2.24) is 9.97 Å². The van der Waals surface area contributed by atoms with Crippen molar-refractivity contribution in [3.63, 3.8) is 0 Å². The molecule has 0 bridgehead atoms. The van der Waals surface area contributed by atoms with Crippen LogP contribution in [0.2, 0.25) is 0 Å². The Bertz CT molecular complexity index is 916. The van der Waals surface area contributed by atoms with E-state index in [2.05, 4.69) is 27.2 Å². The molecule has 5 nitrogen and oxygen atoms in total. The Morgan fingerprint density at radius 2 is 2.21 bits per heavy atom. The first-order valence-electron chi connectivity index (χ1n) is 7.97. The molecular weight excluding hydrogens is 320 g/mol. The van der Waals surface area contributed by atoms with Gasteiger partial charge in [-0.2, -0.15) is 0 Å². The van der Waals surface area contributed by atoms with E-state index in [0.717, 1.165) is 21.6 Å². The van der Waals surface area contributed by atoms with Gasteiger partial charge in [0.1, 0.15) is 17.0 Å². The van der Waals surface area contributed by atoms with Crippen molar-refractivity contribution in [3.8, 4) is 0 Å². The number of hydrogen-bond acceptors (Lipinski definition) is 5. The van der Waals surface area contributed by atoms with Gasteiger partial charge in [-0.1, -0.05) is 12.1 Å². The second kappa shape index (κ2) is 5.87. The molecule has 2 N–H and O–H groups in total. The molecule has 0 atom stereocenters. The molecule has 1 amide bonds. The molecular formula is C18H18N4OS. The third kappa shape index (κ3) is 2.73. The first-order chi connectivity index (χ1) is 11.6. The highest BCUT2D eigenvalue weighted by Gasteiger charge is 2.31. The number of carbonyl (C=O) groups is 1. The molecule has 2 heterocycles. The Morgan fingerprint density at radius 3 is 2.96 bits per heavy atom. The van der Waals surface area contributed by atoms with Crippen LogP contribution in [0.1, 0.15) is 34.3 Å². The number of hydrogen-bond donors (Lipinski definition) is 1. The third-order valence-electron chi connectivity index (χ3n) is 4.36. The summed E-state index contributed by atoms with van der Waals surface area (Å²) >= 11 is 1.65. The van der Waals surface area contributed by atoms with Crippen molar-refractivity contribution in [2.24, 2.45) is 5.73 Å². The molecule has 1 aromatic carbocycles. The molecule has 6 heteroatoms. The second-order valence-electron chi connectivity index (χ2n) is 6.22. The van der Waals surface area contributed by atoms with Crippen LogP contribution in [0.3, 0.4) is 0 Å². The summed E-state index contributed by atoms with van der Waals surface area (Å²) in [7, 11) is 0. The molecule has 3 aromatic rings. The fourth-order valence-electron chi connectivity index (χ4n) is 3.00. The zero-order chi connectivity index (χ0) is 16.7. The van der Waals surface area contributed by atoms with Crippen molar-refractivity contribution in [3.05, 3.63) is 52.7 Å². The fourth-order valence-corrected chi connectivity index (χ4v) is 3.88. The number of anilines is 1. The largest absolute Gasteiger partial charge is 0.366 e. The van der Waals surface area contributed by atoms with Gasteiger partial charge < -0.3 is 10.6 Å². The SMILES string of the molecule is Cc1csc2ncnc(N(Cc3cccc(C(N)=O)c3)C3CC3)c12. The molecule has 1 aliphatic carbocycles. The minimum atomic E-state index is -0.395. The number of benzene rings is 1. The van der Waals surface area contributed by atoms with Crippen molar-refractivity contribution in [2.45, 2.75) is 32.4 Å². The van der Waals surface area contributed by atoms with Gasteiger partial charge in [-0.05, 0) is 48.4 Å². The monoisotopic (exact) mass is 338 g/mol. The topological polar surface area (TPSA) is 72.1 Å². The molecule has 0 unspecified atom stereocenters. The Hall–Kier alpha value is -2.47. The number of thiophene rings is 1. The number of nitrogens with zero attached hydrogens (tertiary/aromatic N) is 3. The molecule has 4 rings (SSSR count). The lowest BCUT2D eigenvalue weighted by Crippen LogP contribution is -2.26. The number of primary amides is 1. The minimum absolute atomic E-state index is 0.395. The van der Waals surface area contributed by atoms with Gasteiger partial charge in [-0.3, -0.25) is 4.79 Å². The molecule has 2 aromatic heterocycles. The van der Waals surface area contributed by atoms with E-state index < -0.39 is 5.91 Å². The van der Waals surface area contributed by atoms with Crippen LogP contribution in [0.25, 0.3) is 10.2 Å². The van der Waals surface area contributed by atoms with Crippen molar-refractivity contribution >= 4 is 33.3 Å². The maximum absolute atomic E-state index is 11.4. The van der Waals surface area contributed by atoms with Crippen molar-refractivity contribution < 1.29 is 4.79 Å². The second-order valence-corrected chi connectivity index (χ2v) is 7.08. The van der Waals surface area contributed by atoms with E-state index in [1.807, 2.05) is 18.2 Å². The first-order valence-corrected chi connectivity index (χ1v) is 8.85. The molecule has 0 spiro atoms. The maximum Gasteiger partial charge on any atom is 0.248 e. The van der Waals surface area contributed by atoms with Gasteiger partial charge in [0.25, 0.3) is 0 Å². The van der Waals surface area contributed by atoms with Crippen molar-refractivity contribution in [2.75, 3.05) is 4.90 Å². The average molecular weight is 338 g/mol. The normalized spacial score (nSPS) is 14.0. The van der Waals surface area contributed by atoms with Crippen molar-refractivity contribution in [1.29, 1.82) is 0 Å². The summed E-state index contributed by atoms with van der Waals surface area (Å²) in [6.45, 7) is 2.82. The number of nitrogens with two attached hydrogens (primary N) is 1. The van der Waals surface area contributed by atoms with E-state index in [4.69, 9.17) is 5.73 Å². The fraction of sp³-hybridized carbons (Fsp3) is 0.278. The number of carbonyl (C=O) groups excluding carboxylic acids is 1. The van der Waals surface area contributed by atoms with E-state index in [9.17, 15) is 4.79 Å². The number of aromatic nitrogens is 2. The van der Waals surface area contributed by atoms with Crippen LogP contribution in [0.4, 0.5) is 5.82 Å². The van der Waals surface area contributed by atoms with Gasteiger partial charge in [0.15, 0.2) is 0 Å². The van der Waals surface area contributed by atoms with E-state index in [-0.39, 0.29) is 0 Å². The van der Waals surface area contributed by atoms with Crippen LogP contribution in [0.5, 0.6) is 0 Å². The van der Waals surface area contributed by atoms with Crippen LogP contribution in [0.15, 0.2) is 36.0 Å². The zero-order valence-electron chi connectivity index (χ0n) is 13.4. The highest BCUT2D eigenvalue weighted by molar-refractivity contribution is 7.17. The standard InChI is InChI=1S/C18H18N4OS/c1-11-9-24-18-15(11)17(20-10-21-18)22(14-5-6-14)8-12-3-2-4-13(7-12)16(19)23/h2-4,7,9-10,14H,5-6,8H2,1H3,(H2,19,23). The number of amides is 1. The Balaban J connectivity index is 1.74. The number of rotatable bonds is 5. The smallest absolute Gasteiger partial charge is 0.248 e. The number of fused-ring (bicyclic) bond motifs is 1. The Morgan fingerprint density at radius 1 is 1.38 bits per heavy atom. The lowest BCUT2D eigenvalue weighted by molar-refractivity contribution is 0.1000. The molecule has 1 saturated carbocycles. The average Bonchev–Trinajstić information content (AvgIpc) is 3.36. The molecule has 0 aliphatic heterocycles. The van der Waals surface area contributed by atoms with Gasteiger partial charge in [0.05, 0.1) is 5.39 Å². The summed E-state index contributed by atoms with van der Waals surface area (Å²) in [6.07, 6.45) is 3.98. The van der Waals surface area contributed by atoms with Crippen LogP contribution in [-0.2, 0) is 6.54 Å². The lowest BCUT2D eigenvalue weighted by atomic mass is 10.1. The predicted molar refractivity (Wildman–Crippen MR) is 96.3 cm³/mol.